The van der Waals surface area contributed by atoms with Crippen molar-refractivity contribution in [2.45, 2.75) is 32.5 Å². The van der Waals surface area contributed by atoms with E-state index in [0.29, 0.717) is 0 Å². The molecule has 1 N–H and O–H groups in total. The number of aliphatic hydroxyl groups is 1. The molecular weight excluding hydrogens is 288 g/mol. The molecule has 2 aromatic heterocycles. The van der Waals surface area contributed by atoms with E-state index in [1.807, 2.05) is 32.3 Å². The molecule has 1 atom stereocenters. The summed E-state index contributed by atoms with van der Waals surface area (Å²) in [7, 11) is 2.03. The van der Waals surface area contributed by atoms with Gasteiger partial charge in [0.05, 0.1) is 18.3 Å². The fourth-order valence-corrected chi connectivity index (χ4v) is 3.09. The Morgan fingerprint density at radius 2 is 2.13 bits per heavy atom. The Morgan fingerprint density at radius 1 is 1.26 bits per heavy atom. The van der Waals surface area contributed by atoms with E-state index in [0.717, 1.165) is 43.3 Å². The predicted molar refractivity (Wildman–Crippen MR) is 91.2 cm³/mol. The monoisotopic (exact) mass is 312 g/mol. The van der Waals surface area contributed by atoms with Crippen LogP contribution in [-0.2, 0) is 13.1 Å². The molecule has 3 rings (SSSR count). The first-order chi connectivity index (χ1) is 11.2. The Morgan fingerprint density at radius 3 is 2.87 bits per heavy atom. The fraction of sp³-hybridized carbons (Fsp3) is 0.444. The standard InChI is InChI=1S/C18H24N4O/c1-14-6-7-15-11-22(12-16-5-3-4-9-19-16)10-8-17(13-23)21(2)18(15)20-14/h3-7,9,17,23H,8,10-13H2,1-2H3. The van der Waals surface area contributed by atoms with Crippen LogP contribution >= 0.6 is 0 Å². The minimum absolute atomic E-state index is 0.0922. The van der Waals surface area contributed by atoms with Crippen LogP contribution in [0, 0.1) is 6.92 Å². The summed E-state index contributed by atoms with van der Waals surface area (Å²) in [5.41, 5.74) is 3.28. The number of pyridine rings is 2. The van der Waals surface area contributed by atoms with Crippen molar-refractivity contribution in [2.24, 2.45) is 0 Å². The third-order valence-corrected chi connectivity index (χ3v) is 4.47. The van der Waals surface area contributed by atoms with Crippen LogP contribution in [-0.4, -0.2) is 46.2 Å². The van der Waals surface area contributed by atoms with Crippen LogP contribution in [0.15, 0.2) is 36.5 Å². The van der Waals surface area contributed by atoms with Crippen LogP contribution in [0.5, 0.6) is 0 Å². The van der Waals surface area contributed by atoms with E-state index in [4.69, 9.17) is 4.98 Å². The molecule has 0 saturated heterocycles. The molecule has 1 aliphatic rings. The summed E-state index contributed by atoms with van der Waals surface area (Å²) >= 11 is 0. The number of hydrogen-bond acceptors (Lipinski definition) is 5. The van der Waals surface area contributed by atoms with Gasteiger partial charge in [-0.15, -0.1) is 0 Å². The van der Waals surface area contributed by atoms with E-state index >= 15 is 0 Å². The van der Waals surface area contributed by atoms with Crippen LogP contribution in [0.25, 0.3) is 0 Å². The Hall–Kier alpha value is -1.98. The average molecular weight is 312 g/mol. The topological polar surface area (TPSA) is 52.5 Å². The lowest BCUT2D eigenvalue weighted by Gasteiger charge is -2.35. The zero-order valence-corrected chi connectivity index (χ0v) is 13.8. The van der Waals surface area contributed by atoms with Crippen LogP contribution in [0.2, 0.25) is 0 Å². The number of likely N-dealkylation sites (N-methyl/N-ethyl adjacent to an activating group) is 1. The number of fused-ring (bicyclic) bond motifs is 1. The number of anilines is 1. The van der Waals surface area contributed by atoms with Crippen molar-refractivity contribution in [3.8, 4) is 0 Å². The smallest absolute Gasteiger partial charge is 0.133 e. The van der Waals surface area contributed by atoms with E-state index < -0.39 is 0 Å². The van der Waals surface area contributed by atoms with Crippen molar-refractivity contribution in [1.29, 1.82) is 0 Å². The fourth-order valence-electron chi connectivity index (χ4n) is 3.09. The zero-order chi connectivity index (χ0) is 16.2. The minimum atomic E-state index is 0.0922. The molecular formula is C18H24N4O. The highest BCUT2D eigenvalue weighted by atomic mass is 16.3. The first-order valence-corrected chi connectivity index (χ1v) is 8.10. The van der Waals surface area contributed by atoms with Gasteiger partial charge < -0.3 is 10.0 Å². The van der Waals surface area contributed by atoms with E-state index in [1.54, 1.807) is 0 Å². The number of aryl methyl sites for hydroxylation is 1. The van der Waals surface area contributed by atoms with Crippen LogP contribution in [0.4, 0.5) is 5.82 Å². The lowest BCUT2D eigenvalue weighted by Crippen LogP contribution is -2.41. The summed E-state index contributed by atoms with van der Waals surface area (Å²) in [6.07, 6.45) is 2.75. The van der Waals surface area contributed by atoms with E-state index in [9.17, 15) is 5.11 Å². The molecule has 3 heterocycles. The Balaban J connectivity index is 1.88. The first-order valence-electron chi connectivity index (χ1n) is 8.10. The van der Waals surface area contributed by atoms with Crippen LogP contribution in [0.1, 0.15) is 23.4 Å². The normalized spacial score (nSPS) is 19.1. The number of rotatable bonds is 3. The summed E-state index contributed by atoms with van der Waals surface area (Å²) in [5, 5.41) is 9.75. The number of nitrogens with zero attached hydrogens (tertiary/aromatic N) is 4. The zero-order valence-electron chi connectivity index (χ0n) is 13.8. The summed E-state index contributed by atoms with van der Waals surface area (Å²) in [5.74, 6) is 0.981. The summed E-state index contributed by atoms with van der Waals surface area (Å²) in [6, 6.07) is 10.3. The molecule has 0 aromatic carbocycles. The van der Waals surface area contributed by atoms with Gasteiger partial charge >= 0.3 is 0 Å². The van der Waals surface area contributed by atoms with Crippen LogP contribution < -0.4 is 4.90 Å². The quantitative estimate of drug-likeness (QED) is 0.939. The van der Waals surface area contributed by atoms with Crippen LogP contribution in [0.3, 0.4) is 0 Å². The van der Waals surface area contributed by atoms with Gasteiger partial charge in [-0.1, -0.05) is 12.1 Å². The third-order valence-electron chi connectivity index (χ3n) is 4.47. The molecule has 23 heavy (non-hydrogen) atoms. The summed E-state index contributed by atoms with van der Waals surface area (Å²) in [4.78, 5) is 13.7. The van der Waals surface area contributed by atoms with Crippen molar-refractivity contribution in [2.75, 3.05) is 25.1 Å². The Labute approximate surface area is 137 Å². The molecule has 5 heteroatoms. The van der Waals surface area contributed by atoms with E-state index in [1.165, 1.54) is 5.56 Å². The van der Waals surface area contributed by atoms with Gasteiger partial charge in [-0.25, -0.2) is 4.98 Å². The number of aromatic nitrogens is 2. The second-order valence-electron chi connectivity index (χ2n) is 6.20. The number of aliphatic hydroxyl groups excluding tert-OH is 1. The van der Waals surface area contributed by atoms with Gasteiger partial charge in [-0.3, -0.25) is 9.88 Å². The highest BCUT2D eigenvalue weighted by Crippen LogP contribution is 2.25. The molecule has 0 radical (unpaired) electrons. The average Bonchev–Trinajstić information content (AvgIpc) is 2.56. The predicted octanol–water partition coefficient (Wildman–Crippen LogP) is 1.99. The second-order valence-corrected chi connectivity index (χ2v) is 6.20. The molecule has 0 bridgehead atoms. The molecule has 1 unspecified atom stereocenters. The molecule has 2 aromatic rings. The minimum Gasteiger partial charge on any atom is -0.394 e. The highest BCUT2D eigenvalue weighted by Gasteiger charge is 2.24. The van der Waals surface area contributed by atoms with Gasteiger partial charge in [0.15, 0.2) is 0 Å². The van der Waals surface area contributed by atoms with Crippen molar-refractivity contribution in [3.05, 3.63) is 53.5 Å². The van der Waals surface area contributed by atoms with E-state index in [2.05, 4.69) is 33.0 Å². The lowest BCUT2D eigenvalue weighted by atomic mass is 10.1. The van der Waals surface area contributed by atoms with Crippen molar-refractivity contribution in [3.63, 3.8) is 0 Å². The molecule has 0 saturated carbocycles. The summed E-state index contributed by atoms with van der Waals surface area (Å²) < 4.78 is 0. The largest absolute Gasteiger partial charge is 0.394 e. The third kappa shape index (κ3) is 3.68. The molecule has 0 aliphatic carbocycles. The molecule has 0 amide bonds. The maximum Gasteiger partial charge on any atom is 0.133 e. The summed E-state index contributed by atoms with van der Waals surface area (Å²) in [6.45, 7) is 4.74. The number of hydrogen-bond donors (Lipinski definition) is 1. The van der Waals surface area contributed by atoms with Crippen molar-refractivity contribution < 1.29 is 5.11 Å². The maximum atomic E-state index is 9.75. The highest BCUT2D eigenvalue weighted by molar-refractivity contribution is 5.48. The van der Waals surface area contributed by atoms with Gasteiger partial charge in [0, 0.05) is 44.1 Å². The van der Waals surface area contributed by atoms with Gasteiger partial charge in [-0.05, 0) is 31.5 Å². The Kier molecular flexibility index (Phi) is 4.88. The molecule has 0 spiro atoms. The van der Waals surface area contributed by atoms with Gasteiger partial charge in [0.25, 0.3) is 0 Å². The van der Waals surface area contributed by atoms with Crippen molar-refractivity contribution >= 4 is 5.82 Å². The van der Waals surface area contributed by atoms with E-state index in [-0.39, 0.29) is 12.6 Å². The Bertz CT molecular complexity index is 647. The van der Waals surface area contributed by atoms with Crippen molar-refractivity contribution in [1.82, 2.24) is 14.9 Å². The van der Waals surface area contributed by atoms with Gasteiger partial charge in [-0.2, -0.15) is 0 Å². The second kappa shape index (κ2) is 7.06. The molecule has 122 valence electrons. The van der Waals surface area contributed by atoms with Gasteiger partial charge in [0.1, 0.15) is 5.82 Å². The maximum absolute atomic E-state index is 9.75. The lowest BCUT2D eigenvalue weighted by molar-refractivity contribution is 0.204. The molecule has 0 fully saturated rings. The SMILES string of the molecule is Cc1ccc2c(n1)N(C)C(CO)CCN(Cc1ccccn1)C2. The first kappa shape index (κ1) is 15.9. The molecule has 5 nitrogen and oxygen atoms in total. The molecule has 1 aliphatic heterocycles. The van der Waals surface area contributed by atoms with Gasteiger partial charge in [0.2, 0.25) is 0 Å².